The third-order valence-corrected chi connectivity index (χ3v) is 5.96. The number of ether oxygens (including phenoxy) is 1. The van der Waals surface area contributed by atoms with Crippen LogP contribution in [0.4, 0.5) is 11.4 Å². The number of hydrogen-bond acceptors (Lipinski definition) is 7. The van der Waals surface area contributed by atoms with Crippen molar-refractivity contribution in [1.29, 1.82) is 5.41 Å². The smallest absolute Gasteiger partial charge is 0.307 e. The summed E-state index contributed by atoms with van der Waals surface area (Å²) in [5.41, 5.74) is 9.68. The van der Waals surface area contributed by atoms with Crippen molar-refractivity contribution >= 4 is 40.1 Å². The lowest BCUT2D eigenvalue weighted by atomic mass is 10.1. The monoisotopic (exact) mass is 502 g/mol. The summed E-state index contributed by atoms with van der Waals surface area (Å²) in [6.07, 6.45) is 3.40. The number of nitrogens with one attached hydrogen (secondary N) is 2. The maximum atomic E-state index is 13.5. The van der Waals surface area contributed by atoms with Crippen LogP contribution in [0.25, 0.3) is 11.0 Å². The van der Waals surface area contributed by atoms with Gasteiger partial charge in [-0.05, 0) is 49.4 Å². The van der Waals surface area contributed by atoms with Gasteiger partial charge in [-0.15, -0.1) is 0 Å². The molecule has 2 aromatic carbocycles. The highest BCUT2D eigenvalue weighted by molar-refractivity contribution is 6.07. The number of nitrogens with zero attached hydrogens (tertiary/aromatic N) is 5. The Hall–Kier alpha value is -4.67. The molecule has 2 aromatic heterocycles. The summed E-state index contributed by atoms with van der Waals surface area (Å²) in [7, 11) is 3.69. The van der Waals surface area contributed by atoms with Crippen LogP contribution >= 0.6 is 0 Å². The molecule has 0 bridgehead atoms. The van der Waals surface area contributed by atoms with Gasteiger partial charge < -0.3 is 25.3 Å². The van der Waals surface area contributed by atoms with Crippen molar-refractivity contribution in [3.63, 3.8) is 0 Å². The molecule has 1 amide bonds. The van der Waals surface area contributed by atoms with E-state index in [2.05, 4.69) is 10.4 Å². The predicted octanol–water partition coefficient (Wildman–Crippen LogP) is 2.80. The van der Waals surface area contributed by atoms with Crippen LogP contribution in [0.1, 0.15) is 35.1 Å². The molecule has 2 heterocycles. The normalized spacial score (nSPS) is 10.9. The number of aryl methyl sites for hydroxylation is 2. The molecule has 0 unspecified atom stereocenters. The van der Waals surface area contributed by atoms with Gasteiger partial charge in [0, 0.05) is 43.7 Å². The van der Waals surface area contributed by atoms with Crippen molar-refractivity contribution in [1.82, 2.24) is 19.3 Å². The highest BCUT2D eigenvalue weighted by atomic mass is 16.5. The number of carbonyl (C=O) groups excluding carboxylic acids is 2. The number of imidazole rings is 1. The molecule has 0 aliphatic carbocycles. The van der Waals surface area contributed by atoms with Gasteiger partial charge in [-0.2, -0.15) is 5.10 Å². The van der Waals surface area contributed by atoms with Crippen LogP contribution in [0.15, 0.2) is 54.9 Å². The van der Waals surface area contributed by atoms with Crippen molar-refractivity contribution in [2.75, 3.05) is 23.4 Å². The maximum Gasteiger partial charge on any atom is 0.307 e. The Morgan fingerprint density at radius 1 is 1.14 bits per heavy atom. The summed E-state index contributed by atoms with van der Waals surface area (Å²) in [5.74, 6) is 0.199. The van der Waals surface area contributed by atoms with E-state index < -0.39 is 0 Å². The van der Waals surface area contributed by atoms with Gasteiger partial charge in [0.25, 0.3) is 5.91 Å². The van der Waals surface area contributed by atoms with Crippen molar-refractivity contribution in [3.05, 3.63) is 71.8 Å². The molecular formula is C26H30N8O3. The van der Waals surface area contributed by atoms with Crippen LogP contribution in [-0.2, 0) is 30.2 Å². The summed E-state index contributed by atoms with van der Waals surface area (Å²) in [6.45, 7) is 2.67. The molecule has 0 aliphatic heterocycles. The summed E-state index contributed by atoms with van der Waals surface area (Å²) in [4.78, 5) is 31.7. The first-order valence-corrected chi connectivity index (χ1v) is 11.9. The molecule has 37 heavy (non-hydrogen) atoms. The molecule has 11 nitrogen and oxygen atoms in total. The molecular weight excluding hydrogens is 472 g/mol. The number of fused-ring (bicyclic) bond motifs is 1. The summed E-state index contributed by atoms with van der Waals surface area (Å²) in [5, 5.41) is 15.0. The second kappa shape index (κ2) is 10.9. The molecule has 4 N–H and O–H groups in total. The molecule has 192 valence electrons. The number of hydrogen-bond donors (Lipinski definition) is 3. The molecule has 4 rings (SSSR count). The third-order valence-electron chi connectivity index (χ3n) is 5.96. The second-order valence-corrected chi connectivity index (χ2v) is 8.52. The zero-order valence-electron chi connectivity index (χ0n) is 21.1. The van der Waals surface area contributed by atoms with E-state index >= 15 is 0 Å². The van der Waals surface area contributed by atoms with E-state index in [1.165, 1.54) is 4.90 Å². The number of carbonyl (C=O) groups is 2. The van der Waals surface area contributed by atoms with Gasteiger partial charge >= 0.3 is 5.97 Å². The minimum atomic E-state index is -0.363. The first kappa shape index (κ1) is 25.4. The zero-order chi connectivity index (χ0) is 26.5. The van der Waals surface area contributed by atoms with Crippen LogP contribution < -0.4 is 16.0 Å². The number of rotatable bonds is 10. The molecule has 0 radical (unpaired) electrons. The number of nitrogens with two attached hydrogens (primary N) is 1. The SMILES string of the molecule is CCOC(=O)CCN(C(=O)c1ccc2c(c1)nc(CNc1ccc(C(=N)N)cc1)n2C)c1cnn(C)c1. The van der Waals surface area contributed by atoms with Gasteiger partial charge in [-0.3, -0.25) is 19.7 Å². The van der Waals surface area contributed by atoms with Gasteiger partial charge in [-0.1, -0.05) is 0 Å². The van der Waals surface area contributed by atoms with Gasteiger partial charge in [-0.25, -0.2) is 4.98 Å². The van der Waals surface area contributed by atoms with Crippen LogP contribution in [-0.4, -0.2) is 50.2 Å². The van der Waals surface area contributed by atoms with Gasteiger partial charge in [0.2, 0.25) is 0 Å². The second-order valence-electron chi connectivity index (χ2n) is 8.52. The van der Waals surface area contributed by atoms with E-state index in [0.717, 1.165) is 17.0 Å². The Bertz CT molecular complexity index is 1440. The molecule has 0 saturated carbocycles. The van der Waals surface area contributed by atoms with E-state index in [4.69, 9.17) is 20.9 Å². The van der Waals surface area contributed by atoms with Gasteiger partial charge in [0.15, 0.2) is 0 Å². The van der Waals surface area contributed by atoms with Crippen molar-refractivity contribution < 1.29 is 14.3 Å². The fraction of sp³-hybridized carbons (Fsp3) is 0.269. The highest BCUT2D eigenvalue weighted by Gasteiger charge is 2.22. The van der Waals surface area contributed by atoms with Crippen LogP contribution in [0.5, 0.6) is 0 Å². The molecule has 0 saturated heterocycles. The van der Waals surface area contributed by atoms with E-state index in [-0.39, 0.29) is 37.3 Å². The van der Waals surface area contributed by atoms with E-state index in [0.29, 0.717) is 28.9 Å². The first-order chi connectivity index (χ1) is 17.8. The van der Waals surface area contributed by atoms with Crippen molar-refractivity contribution in [2.24, 2.45) is 19.8 Å². The van der Waals surface area contributed by atoms with E-state index in [1.807, 2.05) is 29.8 Å². The molecule has 0 spiro atoms. The predicted molar refractivity (Wildman–Crippen MR) is 142 cm³/mol. The third kappa shape index (κ3) is 5.77. The number of nitrogen functional groups attached to an aromatic ring is 1. The van der Waals surface area contributed by atoms with Gasteiger partial charge in [0.1, 0.15) is 11.7 Å². The summed E-state index contributed by atoms with van der Waals surface area (Å²) >= 11 is 0. The van der Waals surface area contributed by atoms with Crippen molar-refractivity contribution in [3.8, 4) is 0 Å². The van der Waals surface area contributed by atoms with Crippen molar-refractivity contribution in [2.45, 2.75) is 19.9 Å². The lowest BCUT2D eigenvalue weighted by Gasteiger charge is -2.20. The zero-order valence-corrected chi connectivity index (χ0v) is 21.1. The fourth-order valence-corrected chi connectivity index (χ4v) is 3.98. The number of amides is 1. The van der Waals surface area contributed by atoms with Crippen LogP contribution in [0.3, 0.4) is 0 Å². The highest BCUT2D eigenvalue weighted by Crippen LogP contribution is 2.22. The molecule has 11 heteroatoms. The number of anilines is 2. The Kier molecular flexibility index (Phi) is 7.52. The Morgan fingerprint density at radius 3 is 2.51 bits per heavy atom. The minimum absolute atomic E-state index is 0.0234. The fourth-order valence-electron chi connectivity index (χ4n) is 3.98. The van der Waals surface area contributed by atoms with Crippen LogP contribution in [0, 0.1) is 5.41 Å². The lowest BCUT2D eigenvalue weighted by Crippen LogP contribution is -2.33. The number of benzene rings is 2. The Balaban J connectivity index is 1.54. The Labute approximate surface area is 214 Å². The summed E-state index contributed by atoms with van der Waals surface area (Å²) < 4.78 is 8.61. The quantitative estimate of drug-likeness (QED) is 0.172. The lowest BCUT2D eigenvalue weighted by molar-refractivity contribution is -0.142. The van der Waals surface area contributed by atoms with Gasteiger partial charge in [0.05, 0.1) is 42.5 Å². The number of amidine groups is 1. The standard InChI is InChI=1S/C26H30N8O3/c1-4-37-24(35)11-12-34(20-14-30-32(2)16-20)26(36)18-7-10-22-21(13-18)31-23(33(22)3)15-29-19-8-5-17(6-9-19)25(27)28/h5-10,13-14,16,29H,4,11-12,15H2,1-3H3,(H3,27,28). The number of aromatic nitrogens is 4. The number of esters is 1. The minimum Gasteiger partial charge on any atom is -0.466 e. The average molecular weight is 503 g/mol. The van der Waals surface area contributed by atoms with E-state index in [1.54, 1.807) is 55.3 Å². The van der Waals surface area contributed by atoms with E-state index in [9.17, 15) is 9.59 Å². The molecule has 0 atom stereocenters. The molecule has 4 aromatic rings. The Morgan fingerprint density at radius 2 is 1.86 bits per heavy atom. The maximum absolute atomic E-state index is 13.5. The molecule has 0 aliphatic rings. The topological polar surface area (TPSA) is 144 Å². The van der Waals surface area contributed by atoms with Crippen LogP contribution in [0.2, 0.25) is 0 Å². The average Bonchev–Trinajstić information content (AvgIpc) is 3.45. The summed E-state index contributed by atoms with van der Waals surface area (Å²) in [6, 6.07) is 12.7. The molecule has 0 fully saturated rings. The first-order valence-electron chi connectivity index (χ1n) is 11.9. The largest absolute Gasteiger partial charge is 0.466 e.